The minimum atomic E-state index is -4.50. The van der Waals surface area contributed by atoms with E-state index in [0.717, 1.165) is 24.5 Å². The van der Waals surface area contributed by atoms with E-state index < -0.39 is 55.5 Å². The highest BCUT2D eigenvalue weighted by Gasteiger charge is 2.56. The summed E-state index contributed by atoms with van der Waals surface area (Å²) in [5.41, 5.74) is 1.82. The van der Waals surface area contributed by atoms with Gasteiger partial charge in [-0.1, -0.05) is 62.4 Å². The van der Waals surface area contributed by atoms with Crippen LogP contribution in [0, 0.1) is 29.4 Å². The third kappa shape index (κ3) is 5.68. The average molecular weight is 495 g/mol. The van der Waals surface area contributed by atoms with Gasteiger partial charge in [-0.2, -0.15) is 0 Å². The molecule has 3 atom stereocenters. The highest BCUT2D eigenvalue weighted by atomic mass is 32.2. The van der Waals surface area contributed by atoms with Crippen molar-refractivity contribution in [2.45, 2.75) is 25.0 Å². The van der Waals surface area contributed by atoms with E-state index in [4.69, 9.17) is 5.84 Å². The number of aliphatic carboxylic acids is 1. The quantitative estimate of drug-likeness (QED) is 0.264. The molecule has 0 radical (unpaired) electrons. The number of sulfone groups is 1. The van der Waals surface area contributed by atoms with Crippen molar-refractivity contribution < 1.29 is 31.9 Å². The number of carboxylic acid groups (broad SMARTS) is 1. The molecule has 2 aromatic rings. The second-order valence-corrected chi connectivity index (χ2v) is 10.7. The predicted molar refractivity (Wildman–Crippen MR) is 125 cm³/mol. The molecule has 34 heavy (non-hydrogen) atoms. The molecule has 0 aliphatic carbocycles. The first kappa shape index (κ1) is 27.1. The Morgan fingerprint density at radius 1 is 1.15 bits per heavy atom. The van der Waals surface area contributed by atoms with E-state index in [9.17, 15) is 27.5 Å². The van der Waals surface area contributed by atoms with Crippen LogP contribution in [0.25, 0.3) is 6.08 Å². The minimum Gasteiger partial charge on any atom is -0.481 e. The number of carboxylic acids is 1. The number of hydrazine groups is 1. The molecular formula is C24H28F2N2O5S. The molecule has 0 aliphatic heterocycles. The number of carbonyl (C=O) groups excluding carboxylic acids is 1. The van der Waals surface area contributed by atoms with Crippen molar-refractivity contribution in [1.29, 1.82) is 0 Å². The zero-order valence-corrected chi connectivity index (χ0v) is 19.9. The van der Waals surface area contributed by atoms with Gasteiger partial charge in [0.2, 0.25) is 5.91 Å². The van der Waals surface area contributed by atoms with Crippen molar-refractivity contribution in [3.63, 3.8) is 0 Å². The van der Waals surface area contributed by atoms with E-state index in [1.807, 2.05) is 5.43 Å². The van der Waals surface area contributed by atoms with Crippen molar-refractivity contribution in [1.82, 2.24) is 5.43 Å². The Labute approximate surface area is 197 Å². The van der Waals surface area contributed by atoms with Gasteiger partial charge in [0.05, 0.1) is 11.8 Å². The van der Waals surface area contributed by atoms with Crippen molar-refractivity contribution in [2.75, 3.05) is 6.26 Å². The number of nitrogens with one attached hydrogen (secondary N) is 1. The van der Waals surface area contributed by atoms with Crippen LogP contribution >= 0.6 is 0 Å². The summed E-state index contributed by atoms with van der Waals surface area (Å²) in [5.74, 6) is -3.17. The zero-order chi connectivity index (χ0) is 25.7. The van der Waals surface area contributed by atoms with Gasteiger partial charge in [-0.05, 0) is 24.0 Å². The molecule has 0 aliphatic rings. The van der Waals surface area contributed by atoms with Gasteiger partial charge >= 0.3 is 5.97 Å². The van der Waals surface area contributed by atoms with Gasteiger partial charge in [-0.25, -0.2) is 23.0 Å². The van der Waals surface area contributed by atoms with Crippen molar-refractivity contribution in [3.05, 3.63) is 77.4 Å². The van der Waals surface area contributed by atoms with Crippen molar-refractivity contribution in [3.8, 4) is 0 Å². The van der Waals surface area contributed by atoms with Crippen LogP contribution in [0.15, 0.2) is 54.6 Å². The van der Waals surface area contributed by atoms with Crippen LogP contribution in [-0.4, -0.2) is 31.7 Å². The summed E-state index contributed by atoms with van der Waals surface area (Å²) in [5, 5.41) is 10.3. The summed E-state index contributed by atoms with van der Waals surface area (Å²) in [6, 6.07) is 10.6. The summed E-state index contributed by atoms with van der Waals surface area (Å²) < 4.78 is 53.2. The molecule has 4 N–H and O–H groups in total. The number of benzene rings is 2. The lowest BCUT2D eigenvalue weighted by molar-refractivity contribution is -0.149. The van der Waals surface area contributed by atoms with E-state index in [1.54, 1.807) is 44.2 Å². The lowest BCUT2D eigenvalue weighted by atomic mass is 9.73. The maximum absolute atomic E-state index is 15.2. The van der Waals surface area contributed by atoms with Gasteiger partial charge < -0.3 is 5.11 Å². The number of carbonyl (C=O) groups is 2. The lowest BCUT2D eigenvalue weighted by Gasteiger charge is -2.39. The van der Waals surface area contributed by atoms with E-state index in [1.165, 1.54) is 6.08 Å². The predicted octanol–water partition coefficient (Wildman–Crippen LogP) is 3.27. The number of halogens is 2. The molecule has 1 amide bonds. The smallest absolute Gasteiger partial charge is 0.309 e. The molecule has 2 aromatic carbocycles. The summed E-state index contributed by atoms with van der Waals surface area (Å²) in [6.45, 7) is 3.44. The van der Waals surface area contributed by atoms with Crippen LogP contribution in [-0.2, 0) is 24.2 Å². The average Bonchev–Trinajstić information content (AvgIpc) is 2.74. The molecule has 10 heteroatoms. The Hall–Kier alpha value is -3.11. The summed E-state index contributed by atoms with van der Waals surface area (Å²) >= 11 is 0. The second-order valence-electron chi connectivity index (χ2n) is 8.49. The molecule has 0 fully saturated rings. The maximum atomic E-state index is 15.2. The van der Waals surface area contributed by atoms with Crippen LogP contribution in [0.3, 0.4) is 0 Å². The molecular weight excluding hydrogens is 466 g/mol. The van der Waals surface area contributed by atoms with Gasteiger partial charge in [0.15, 0.2) is 9.84 Å². The molecule has 7 nitrogen and oxygen atoms in total. The van der Waals surface area contributed by atoms with Crippen molar-refractivity contribution in [2.24, 2.45) is 23.6 Å². The standard InChI is InChI=1S/C24H28F2N2O5S/c1-15(2)13-18(22(29)28-27)21(23(30)31)24(34(3,32)33,12-11-16-7-5-4-6-8-16)19-10-9-17(25)14-20(19)26/h4-12,14-15,18,21H,13,27H2,1-3H3,(H,28,29)(H,30,31)/b12-11+/t18-,21+,24?/m1/s1. The van der Waals surface area contributed by atoms with Gasteiger partial charge in [-0.15, -0.1) is 0 Å². The lowest BCUT2D eigenvalue weighted by Crippen LogP contribution is -2.53. The molecule has 0 saturated heterocycles. The third-order valence-electron chi connectivity index (χ3n) is 5.62. The van der Waals surface area contributed by atoms with Crippen LogP contribution < -0.4 is 11.3 Å². The van der Waals surface area contributed by atoms with E-state index in [2.05, 4.69) is 0 Å². The van der Waals surface area contributed by atoms with Crippen molar-refractivity contribution >= 4 is 27.8 Å². The Morgan fingerprint density at radius 3 is 2.24 bits per heavy atom. The summed E-state index contributed by atoms with van der Waals surface area (Å²) in [6.07, 6.45) is 3.10. The third-order valence-corrected chi connectivity index (χ3v) is 7.46. The van der Waals surface area contributed by atoms with Gasteiger partial charge in [0, 0.05) is 17.9 Å². The Morgan fingerprint density at radius 2 is 1.76 bits per heavy atom. The fourth-order valence-corrected chi connectivity index (χ4v) is 5.78. The van der Waals surface area contributed by atoms with E-state index in [0.29, 0.717) is 11.6 Å². The monoisotopic (exact) mass is 494 g/mol. The van der Waals surface area contributed by atoms with Gasteiger partial charge in [0.1, 0.15) is 16.4 Å². The van der Waals surface area contributed by atoms with Crippen LogP contribution in [0.4, 0.5) is 8.78 Å². The molecule has 2 rings (SSSR count). The molecule has 1 unspecified atom stereocenters. The highest BCUT2D eigenvalue weighted by molar-refractivity contribution is 7.91. The molecule has 0 heterocycles. The SMILES string of the molecule is CC(C)C[C@@H](C(=O)NN)[C@@H](C(=O)O)C(/C=C/c1ccccc1)(c1ccc(F)cc1F)S(C)(=O)=O. The fourth-order valence-electron chi connectivity index (χ4n) is 4.17. The Bertz CT molecular complexity index is 1170. The normalized spacial score (nSPS) is 15.6. The van der Waals surface area contributed by atoms with Crippen LogP contribution in [0.5, 0.6) is 0 Å². The zero-order valence-electron chi connectivity index (χ0n) is 19.0. The van der Waals surface area contributed by atoms with Gasteiger partial charge in [0.25, 0.3) is 0 Å². The second kappa shape index (κ2) is 10.9. The number of nitrogens with two attached hydrogens (primary N) is 1. The Balaban J connectivity index is 3.01. The van der Waals surface area contributed by atoms with Crippen LogP contribution in [0.1, 0.15) is 31.4 Å². The van der Waals surface area contributed by atoms with E-state index in [-0.39, 0.29) is 12.3 Å². The number of hydrogen-bond donors (Lipinski definition) is 3. The molecule has 0 bridgehead atoms. The summed E-state index contributed by atoms with van der Waals surface area (Å²) in [7, 11) is -4.50. The molecule has 0 spiro atoms. The van der Waals surface area contributed by atoms with Gasteiger partial charge in [-0.3, -0.25) is 15.0 Å². The molecule has 0 saturated carbocycles. The molecule has 0 aromatic heterocycles. The first-order chi connectivity index (χ1) is 15.8. The number of rotatable bonds is 10. The maximum Gasteiger partial charge on any atom is 0.309 e. The Kier molecular flexibility index (Phi) is 8.68. The largest absolute Gasteiger partial charge is 0.481 e. The van der Waals surface area contributed by atoms with E-state index >= 15 is 4.39 Å². The highest BCUT2D eigenvalue weighted by Crippen LogP contribution is 2.46. The fraction of sp³-hybridized carbons (Fsp3) is 0.333. The number of hydrogen-bond acceptors (Lipinski definition) is 5. The first-order valence-electron chi connectivity index (χ1n) is 10.5. The number of amides is 1. The molecule has 184 valence electrons. The topological polar surface area (TPSA) is 127 Å². The van der Waals surface area contributed by atoms with Crippen LogP contribution in [0.2, 0.25) is 0 Å². The minimum absolute atomic E-state index is 0.0563. The first-order valence-corrected chi connectivity index (χ1v) is 12.4. The summed E-state index contributed by atoms with van der Waals surface area (Å²) in [4.78, 5) is 25.4.